The highest BCUT2D eigenvalue weighted by Crippen LogP contribution is 2.17. The minimum atomic E-state index is -0.298. The lowest BCUT2D eigenvalue weighted by molar-refractivity contribution is -0.425. The number of phenolic OH excluding ortho intramolecular Hbond substituents is 1. The summed E-state index contributed by atoms with van der Waals surface area (Å²) in [5.74, 6) is -0.116. The highest BCUT2D eigenvalue weighted by Gasteiger charge is 2.15. The number of hydrogen-bond acceptors (Lipinski definition) is 3. The molecule has 4 nitrogen and oxygen atoms in total. The molecule has 0 bridgehead atoms. The van der Waals surface area contributed by atoms with E-state index in [1.54, 1.807) is 18.2 Å². The van der Waals surface area contributed by atoms with Crippen LogP contribution in [0, 0.1) is 0 Å². The van der Waals surface area contributed by atoms with Gasteiger partial charge in [-0.05, 0) is 12.1 Å². The number of phenols is 1. The highest BCUT2D eigenvalue weighted by molar-refractivity contribution is 5.70. The molecule has 0 spiro atoms. The molecule has 0 unspecified atom stereocenters. The summed E-state index contributed by atoms with van der Waals surface area (Å²) in [4.78, 5) is 11.0. The van der Waals surface area contributed by atoms with Gasteiger partial charge in [-0.25, -0.2) is 0 Å². The van der Waals surface area contributed by atoms with E-state index in [2.05, 4.69) is 10.5 Å². The van der Waals surface area contributed by atoms with Crippen LogP contribution < -0.4 is 5.73 Å². The van der Waals surface area contributed by atoms with Crippen LogP contribution in [-0.2, 0) is 9.53 Å². The Morgan fingerprint density at radius 3 is 2.93 bits per heavy atom. The smallest absolute Gasteiger partial charge is 0.311 e. The van der Waals surface area contributed by atoms with Gasteiger partial charge in [0.25, 0.3) is 0 Å². The Hall–Kier alpha value is -1.55. The second-order valence-corrected chi connectivity index (χ2v) is 3.07. The second-order valence-electron chi connectivity index (χ2n) is 3.07. The van der Waals surface area contributed by atoms with Gasteiger partial charge in [0, 0.05) is 5.56 Å². The number of quaternary nitrogens is 1. The van der Waals surface area contributed by atoms with Gasteiger partial charge in [0.15, 0.2) is 0 Å². The number of aromatic hydroxyl groups is 1. The van der Waals surface area contributed by atoms with Crippen molar-refractivity contribution in [3.8, 4) is 5.75 Å². The zero-order valence-corrected chi connectivity index (χ0v) is 8.06. The van der Waals surface area contributed by atoms with Crippen LogP contribution in [-0.4, -0.2) is 18.2 Å². The monoisotopic (exact) mass is 196 g/mol. The van der Waals surface area contributed by atoms with Crippen molar-refractivity contribution in [1.29, 1.82) is 0 Å². The molecule has 0 aliphatic heterocycles. The number of ether oxygens (including phenoxy) is 1. The molecule has 0 aliphatic carbocycles. The highest BCUT2D eigenvalue weighted by atomic mass is 16.5. The molecule has 0 heterocycles. The van der Waals surface area contributed by atoms with Crippen molar-refractivity contribution in [3.63, 3.8) is 0 Å². The topological polar surface area (TPSA) is 74.2 Å². The minimum Gasteiger partial charge on any atom is -0.508 e. The Labute approximate surface area is 82.3 Å². The van der Waals surface area contributed by atoms with E-state index in [9.17, 15) is 9.90 Å². The van der Waals surface area contributed by atoms with E-state index < -0.39 is 0 Å². The van der Waals surface area contributed by atoms with Gasteiger partial charge < -0.3 is 15.6 Å². The van der Waals surface area contributed by atoms with E-state index in [0.717, 1.165) is 5.56 Å². The van der Waals surface area contributed by atoms with Crippen LogP contribution in [0.3, 0.4) is 0 Å². The van der Waals surface area contributed by atoms with Crippen molar-refractivity contribution in [3.05, 3.63) is 29.8 Å². The Bertz CT molecular complexity index is 325. The fourth-order valence-corrected chi connectivity index (χ4v) is 1.18. The molecule has 0 amide bonds. The number of rotatable bonds is 3. The van der Waals surface area contributed by atoms with Gasteiger partial charge >= 0.3 is 5.97 Å². The predicted molar refractivity (Wildman–Crippen MR) is 50.4 cm³/mol. The Morgan fingerprint density at radius 2 is 2.36 bits per heavy atom. The first-order valence-corrected chi connectivity index (χ1v) is 4.32. The van der Waals surface area contributed by atoms with E-state index in [-0.39, 0.29) is 24.2 Å². The third-order valence-electron chi connectivity index (χ3n) is 1.98. The summed E-state index contributed by atoms with van der Waals surface area (Å²) in [7, 11) is 1.34. The van der Waals surface area contributed by atoms with Gasteiger partial charge in [-0.3, -0.25) is 4.79 Å². The summed E-state index contributed by atoms with van der Waals surface area (Å²) in [5.41, 5.74) is 4.65. The maximum Gasteiger partial charge on any atom is 0.311 e. The molecule has 14 heavy (non-hydrogen) atoms. The third kappa shape index (κ3) is 2.74. The van der Waals surface area contributed by atoms with Gasteiger partial charge in [0.05, 0.1) is 7.11 Å². The molecule has 76 valence electrons. The number of carbonyl (C=O) groups is 1. The number of hydrogen-bond donors (Lipinski definition) is 2. The van der Waals surface area contributed by atoms with Gasteiger partial charge in [0.2, 0.25) is 0 Å². The first kappa shape index (κ1) is 10.5. The van der Waals surface area contributed by atoms with Crippen molar-refractivity contribution in [2.75, 3.05) is 7.11 Å². The second kappa shape index (κ2) is 4.62. The maximum atomic E-state index is 11.0. The SMILES string of the molecule is COC(=O)C[C@@H]([NH3+])c1cccc(O)c1. The van der Waals surface area contributed by atoms with Crippen molar-refractivity contribution in [2.24, 2.45) is 0 Å². The number of methoxy groups -OCH3 is 1. The van der Waals surface area contributed by atoms with Crippen LogP contribution in [0.15, 0.2) is 24.3 Å². The fourth-order valence-electron chi connectivity index (χ4n) is 1.18. The van der Waals surface area contributed by atoms with Gasteiger partial charge in [-0.1, -0.05) is 12.1 Å². The lowest BCUT2D eigenvalue weighted by atomic mass is 10.0. The molecule has 4 N–H and O–H groups in total. The third-order valence-corrected chi connectivity index (χ3v) is 1.98. The Morgan fingerprint density at radius 1 is 1.64 bits per heavy atom. The molecule has 1 rings (SSSR count). The molecule has 0 saturated heterocycles. The van der Waals surface area contributed by atoms with E-state index >= 15 is 0 Å². The lowest BCUT2D eigenvalue weighted by Crippen LogP contribution is -2.54. The van der Waals surface area contributed by atoms with Crippen LogP contribution in [0.2, 0.25) is 0 Å². The average Bonchev–Trinajstić information content (AvgIpc) is 2.17. The number of esters is 1. The molecule has 0 saturated carbocycles. The minimum absolute atomic E-state index is 0.181. The molecule has 0 aliphatic rings. The van der Waals surface area contributed by atoms with Crippen LogP contribution in [0.4, 0.5) is 0 Å². The quantitative estimate of drug-likeness (QED) is 0.680. The van der Waals surface area contributed by atoms with Crippen LogP contribution in [0.25, 0.3) is 0 Å². The number of benzene rings is 1. The molecular formula is C10H14NO3+. The molecule has 4 heteroatoms. The zero-order valence-electron chi connectivity index (χ0n) is 8.06. The normalized spacial score (nSPS) is 12.1. The lowest BCUT2D eigenvalue weighted by Gasteiger charge is -2.07. The van der Waals surface area contributed by atoms with Gasteiger partial charge in [-0.2, -0.15) is 0 Å². The first-order valence-electron chi connectivity index (χ1n) is 4.32. The summed E-state index contributed by atoms with van der Waals surface area (Å²) in [6.45, 7) is 0. The summed E-state index contributed by atoms with van der Waals surface area (Å²) < 4.78 is 4.53. The summed E-state index contributed by atoms with van der Waals surface area (Å²) in [6, 6.07) is 6.53. The van der Waals surface area contributed by atoms with E-state index in [1.165, 1.54) is 7.11 Å². The molecular weight excluding hydrogens is 182 g/mol. The molecule has 1 aromatic carbocycles. The van der Waals surface area contributed by atoms with E-state index in [4.69, 9.17) is 0 Å². The van der Waals surface area contributed by atoms with E-state index in [0.29, 0.717) is 0 Å². The maximum absolute atomic E-state index is 11.0. The Kier molecular flexibility index (Phi) is 3.48. The Balaban J connectivity index is 2.69. The van der Waals surface area contributed by atoms with Gasteiger partial charge in [0.1, 0.15) is 18.2 Å². The van der Waals surface area contributed by atoms with Crippen molar-refractivity contribution >= 4 is 5.97 Å². The average molecular weight is 196 g/mol. The molecule has 0 aromatic heterocycles. The molecule has 1 aromatic rings. The standard InChI is InChI=1S/C10H13NO3/c1-14-10(13)6-9(11)7-3-2-4-8(12)5-7/h2-5,9,12H,6,11H2,1H3/p+1/t9-/m1/s1. The summed E-state index contributed by atoms with van der Waals surface area (Å²) in [6.07, 6.45) is 0.222. The van der Waals surface area contributed by atoms with Crippen LogP contribution in [0.1, 0.15) is 18.0 Å². The summed E-state index contributed by atoms with van der Waals surface area (Å²) >= 11 is 0. The summed E-state index contributed by atoms with van der Waals surface area (Å²) in [5, 5.41) is 9.21. The van der Waals surface area contributed by atoms with Crippen molar-refractivity contribution < 1.29 is 20.4 Å². The molecule has 0 fully saturated rings. The van der Waals surface area contributed by atoms with Crippen molar-refractivity contribution in [1.82, 2.24) is 0 Å². The molecule has 0 radical (unpaired) electrons. The predicted octanol–water partition coefficient (Wildman–Crippen LogP) is 0.238. The zero-order chi connectivity index (χ0) is 10.6. The first-order chi connectivity index (χ1) is 6.63. The largest absolute Gasteiger partial charge is 0.508 e. The van der Waals surface area contributed by atoms with Crippen molar-refractivity contribution in [2.45, 2.75) is 12.5 Å². The van der Waals surface area contributed by atoms with E-state index in [1.807, 2.05) is 6.07 Å². The molecule has 1 atom stereocenters. The number of carbonyl (C=O) groups excluding carboxylic acids is 1. The fraction of sp³-hybridized carbons (Fsp3) is 0.300. The van der Waals surface area contributed by atoms with Crippen LogP contribution >= 0.6 is 0 Å². The van der Waals surface area contributed by atoms with Gasteiger partial charge in [-0.15, -0.1) is 0 Å². The van der Waals surface area contributed by atoms with Crippen LogP contribution in [0.5, 0.6) is 5.75 Å².